The van der Waals surface area contributed by atoms with E-state index in [9.17, 15) is 9.59 Å². The average Bonchev–Trinajstić information content (AvgIpc) is 2.81. The van der Waals surface area contributed by atoms with E-state index in [0.29, 0.717) is 0 Å². The number of H-pyrrole nitrogens is 1. The Labute approximate surface area is 91.6 Å². The minimum atomic E-state index is -0.361. The van der Waals surface area contributed by atoms with Crippen LogP contribution in [0.1, 0.15) is 18.0 Å². The minimum absolute atomic E-state index is 0.200. The first kappa shape index (κ1) is 9.15. The summed E-state index contributed by atoms with van der Waals surface area (Å²) in [4.78, 5) is 25.8. The molecule has 2 aromatic rings. The number of aromatic nitrogens is 1. The zero-order chi connectivity index (χ0) is 11.1. The summed E-state index contributed by atoms with van der Waals surface area (Å²) in [6, 6.07) is 9.73. The van der Waals surface area contributed by atoms with Crippen LogP contribution in [-0.4, -0.2) is 16.8 Å². The van der Waals surface area contributed by atoms with Crippen molar-refractivity contribution in [3.8, 4) is 0 Å². The number of hydrogen-bond donors (Lipinski definition) is 2. The van der Waals surface area contributed by atoms with Gasteiger partial charge in [-0.05, 0) is 17.5 Å². The van der Waals surface area contributed by atoms with Crippen molar-refractivity contribution in [2.45, 2.75) is 12.3 Å². The Hall–Kier alpha value is -2.10. The van der Waals surface area contributed by atoms with Crippen molar-refractivity contribution in [3.05, 3.63) is 36.0 Å². The van der Waals surface area contributed by atoms with Crippen LogP contribution < -0.4 is 5.32 Å². The number of hydrogen-bond acceptors (Lipinski definition) is 2. The summed E-state index contributed by atoms with van der Waals surface area (Å²) in [6.07, 6.45) is 0.242. The third kappa shape index (κ3) is 1.31. The number of carbonyl (C=O) groups is 2. The molecule has 4 heteroatoms. The van der Waals surface area contributed by atoms with Gasteiger partial charge < -0.3 is 4.98 Å². The van der Waals surface area contributed by atoms with Crippen molar-refractivity contribution < 1.29 is 9.59 Å². The maximum absolute atomic E-state index is 11.5. The highest BCUT2D eigenvalue weighted by molar-refractivity contribution is 6.06. The van der Waals surface area contributed by atoms with E-state index >= 15 is 0 Å². The van der Waals surface area contributed by atoms with Crippen molar-refractivity contribution in [2.24, 2.45) is 0 Å². The molecule has 80 valence electrons. The SMILES string of the molecule is O=C1CC(c2cc3ccccc3[nH]2)C(=O)N1. The van der Waals surface area contributed by atoms with Crippen molar-refractivity contribution in [3.63, 3.8) is 0 Å². The first-order chi connectivity index (χ1) is 7.74. The molecule has 4 nitrogen and oxygen atoms in total. The molecule has 1 aliphatic heterocycles. The largest absolute Gasteiger partial charge is 0.358 e. The molecule has 1 saturated heterocycles. The Balaban J connectivity index is 2.06. The summed E-state index contributed by atoms with van der Waals surface area (Å²) in [5.74, 6) is -0.773. The molecule has 0 aliphatic carbocycles. The van der Waals surface area contributed by atoms with Crippen molar-refractivity contribution >= 4 is 22.7 Å². The third-order valence-electron chi connectivity index (χ3n) is 2.89. The number of fused-ring (bicyclic) bond motifs is 1. The fourth-order valence-corrected chi connectivity index (χ4v) is 2.09. The van der Waals surface area contributed by atoms with Gasteiger partial charge in [-0.2, -0.15) is 0 Å². The fraction of sp³-hybridized carbons (Fsp3) is 0.167. The number of imide groups is 1. The molecule has 0 bridgehead atoms. The molecule has 3 rings (SSSR count). The number of aromatic amines is 1. The number of amides is 2. The first-order valence-corrected chi connectivity index (χ1v) is 5.15. The molecule has 1 aromatic heterocycles. The van der Waals surface area contributed by atoms with E-state index in [1.165, 1.54) is 0 Å². The Morgan fingerprint density at radius 3 is 2.69 bits per heavy atom. The highest BCUT2D eigenvalue weighted by atomic mass is 16.2. The summed E-state index contributed by atoms with van der Waals surface area (Å²) >= 11 is 0. The predicted octanol–water partition coefficient (Wildman–Crippen LogP) is 1.30. The van der Waals surface area contributed by atoms with Gasteiger partial charge in [0, 0.05) is 17.6 Å². The number of para-hydroxylation sites is 1. The van der Waals surface area contributed by atoms with Gasteiger partial charge in [0.1, 0.15) is 0 Å². The zero-order valence-corrected chi connectivity index (χ0v) is 8.49. The second-order valence-electron chi connectivity index (χ2n) is 3.98. The van der Waals surface area contributed by atoms with Crippen LogP contribution in [0.4, 0.5) is 0 Å². The smallest absolute Gasteiger partial charge is 0.236 e. The van der Waals surface area contributed by atoms with Crippen LogP contribution in [0.3, 0.4) is 0 Å². The van der Waals surface area contributed by atoms with Crippen LogP contribution >= 0.6 is 0 Å². The zero-order valence-electron chi connectivity index (χ0n) is 8.49. The second kappa shape index (κ2) is 3.20. The van der Waals surface area contributed by atoms with Crippen molar-refractivity contribution in [2.75, 3.05) is 0 Å². The standard InChI is InChI=1S/C12H10N2O2/c15-11-6-8(12(16)14-11)10-5-7-3-1-2-4-9(7)13-10/h1-5,8,13H,6H2,(H,14,15,16). The summed E-state index contributed by atoms with van der Waals surface area (Å²) in [5.41, 5.74) is 1.80. The molecule has 0 spiro atoms. The molecule has 16 heavy (non-hydrogen) atoms. The van der Waals surface area contributed by atoms with E-state index in [1.807, 2.05) is 30.3 Å². The Morgan fingerprint density at radius 2 is 2.00 bits per heavy atom. The summed E-state index contributed by atoms with van der Waals surface area (Å²) in [6.45, 7) is 0. The Kier molecular flexibility index (Phi) is 1.83. The molecular weight excluding hydrogens is 204 g/mol. The van der Waals surface area contributed by atoms with Crippen molar-refractivity contribution in [1.29, 1.82) is 0 Å². The third-order valence-corrected chi connectivity index (χ3v) is 2.89. The lowest BCUT2D eigenvalue weighted by Crippen LogP contribution is -2.21. The van der Waals surface area contributed by atoms with E-state index in [4.69, 9.17) is 0 Å². The van der Waals surface area contributed by atoms with Gasteiger partial charge in [-0.3, -0.25) is 14.9 Å². The minimum Gasteiger partial charge on any atom is -0.358 e. The summed E-state index contributed by atoms with van der Waals surface area (Å²) in [7, 11) is 0. The lowest BCUT2D eigenvalue weighted by atomic mass is 10.0. The number of carbonyl (C=O) groups excluding carboxylic acids is 2. The van der Waals surface area contributed by atoms with Gasteiger partial charge in [0.15, 0.2) is 0 Å². The molecule has 1 atom stereocenters. The number of nitrogens with one attached hydrogen (secondary N) is 2. The molecule has 2 heterocycles. The molecule has 1 aromatic carbocycles. The summed E-state index contributed by atoms with van der Waals surface area (Å²) in [5, 5.41) is 3.37. The van der Waals surface area contributed by atoms with Gasteiger partial charge in [0.05, 0.1) is 5.92 Å². The fourth-order valence-electron chi connectivity index (χ4n) is 2.09. The van der Waals surface area contributed by atoms with Crippen LogP contribution in [0.2, 0.25) is 0 Å². The Morgan fingerprint density at radius 1 is 1.19 bits per heavy atom. The van der Waals surface area contributed by atoms with E-state index in [2.05, 4.69) is 10.3 Å². The molecule has 2 N–H and O–H groups in total. The molecule has 1 aliphatic rings. The normalized spacial score (nSPS) is 20.4. The van der Waals surface area contributed by atoms with Crippen LogP contribution in [0, 0.1) is 0 Å². The lowest BCUT2D eigenvalue weighted by molar-refractivity contribution is -0.125. The number of rotatable bonds is 1. The monoisotopic (exact) mass is 214 g/mol. The van der Waals surface area contributed by atoms with E-state index in [-0.39, 0.29) is 24.2 Å². The van der Waals surface area contributed by atoms with Crippen LogP contribution in [0.25, 0.3) is 10.9 Å². The highest BCUT2D eigenvalue weighted by Gasteiger charge is 2.32. The van der Waals surface area contributed by atoms with Crippen LogP contribution in [-0.2, 0) is 9.59 Å². The van der Waals surface area contributed by atoms with E-state index in [1.54, 1.807) is 0 Å². The van der Waals surface area contributed by atoms with E-state index < -0.39 is 0 Å². The molecule has 2 amide bonds. The van der Waals surface area contributed by atoms with Crippen LogP contribution in [0.15, 0.2) is 30.3 Å². The Bertz CT molecular complexity index is 552. The molecular formula is C12H10N2O2. The van der Waals surface area contributed by atoms with Gasteiger partial charge in [-0.1, -0.05) is 18.2 Å². The summed E-state index contributed by atoms with van der Waals surface area (Å²) < 4.78 is 0. The van der Waals surface area contributed by atoms with Crippen LogP contribution in [0.5, 0.6) is 0 Å². The van der Waals surface area contributed by atoms with Gasteiger partial charge in [-0.25, -0.2) is 0 Å². The van der Waals surface area contributed by atoms with Crippen molar-refractivity contribution in [1.82, 2.24) is 10.3 Å². The maximum Gasteiger partial charge on any atom is 0.236 e. The molecule has 1 fully saturated rings. The predicted molar refractivity (Wildman–Crippen MR) is 58.8 cm³/mol. The van der Waals surface area contributed by atoms with Gasteiger partial charge in [0.25, 0.3) is 0 Å². The van der Waals surface area contributed by atoms with Gasteiger partial charge in [0.2, 0.25) is 11.8 Å². The average molecular weight is 214 g/mol. The first-order valence-electron chi connectivity index (χ1n) is 5.15. The van der Waals surface area contributed by atoms with Gasteiger partial charge in [-0.15, -0.1) is 0 Å². The van der Waals surface area contributed by atoms with Gasteiger partial charge >= 0.3 is 0 Å². The number of benzene rings is 1. The quantitative estimate of drug-likeness (QED) is 0.703. The maximum atomic E-state index is 11.5. The molecule has 1 unspecified atom stereocenters. The molecule has 0 saturated carbocycles. The highest BCUT2D eigenvalue weighted by Crippen LogP contribution is 2.26. The second-order valence-corrected chi connectivity index (χ2v) is 3.98. The van der Waals surface area contributed by atoms with E-state index in [0.717, 1.165) is 16.6 Å². The molecule has 0 radical (unpaired) electrons. The topological polar surface area (TPSA) is 62.0 Å². The lowest BCUT2D eigenvalue weighted by Gasteiger charge is -2.00.